The monoisotopic (exact) mass is 220 g/mol. The Labute approximate surface area is 97.2 Å². The van der Waals surface area contributed by atoms with E-state index < -0.39 is 0 Å². The van der Waals surface area contributed by atoms with E-state index in [2.05, 4.69) is 31.1 Å². The number of hydrogen-bond donors (Lipinski definition) is 1. The van der Waals surface area contributed by atoms with Gasteiger partial charge >= 0.3 is 0 Å². The van der Waals surface area contributed by atoms with Crippen LogP contribution in [0, 0.1) is 0 Å². The summed E-state index contributed by atoms with van der Waals surface area (Å²) >= 11 is 0. The van der Waals surface area contributed by atoms with Crippen molar-refractivity contribution in [2.24, 2.45) is 5.73 Å². The fraction of sp³-hybridized carbons (Fsp3) is 0.538. The minimum Gasteiger partial charge on any atom is -0.379 e. The second-order valence-electron chi connectivity index (χ2n) is 4.69. The normalized spacial score (nSPS) is 27.2. The quantitative estimate of drug-likeness (QED) is 0.837. The van der Waals surface area contributed by atoms with Crippen molar-refractivity contribution in [1.29, 1.82) is 0 Å². The van der Waals surface area contributed by atoms with Crippen LogP contribution in [0.2, 0.25) is 0 Å². The highest BCUT2D eigenvalue weighted by molar-refractivity contribution is 5.23. The van der Waals surface area contributed by atoms with Crippen molar-refractivity contribution in [2.75, 3.05) is 27.3 Å². The highest BCUT2D eigenvalue weighted by Gasteiger charge is 2.43. The maximum absolute atomic E-state index is 6.41. The molecule has 1 heterocycles. The summed E-state index contributed by atoms with van der Waals surface area (Å²) in [7, 11) is 4.16. The average molecular weight is 220 g/mol. The van der Waals surface area contributed by atoms with Crippen LogP contribution in [-0.2, 0) is 4.74 Å². The van der Waals surface area contributed by atoms with Gasteiger partial charge in [-0.3, -0.25) is 4.90 Å². The predicted molar refractivity (Wildman–Crippen MR) is 65.2 cm³/mol. The van der Waals surface area contributed by atoms with Crippen LogP contribution in [0.5, 0.6) is 0 Å². The van der Waals surface area contributed by atoms with Crippen molar-refractivity contribution < 1.29 is 4.74 Å². The van der Waals surface area contributed by atoms with Crippen molar-refractivity contribution in [3.63, 3.8) is 0 Å². The Kier molecular flexibility index (Phi) is 3.28. The molecular weight excluding hydrogens is 200 g/mol. The van der Waals surface area contributed by atoms with Crippen molar-refractivity contribution in [1.82, 2.24) is 4.90 Å². The van der Waals surface area contributed by atoms with Crippen LogP contribution in [-0.4, -0.2) is 37.7 Å². The van der Waals surface area contributed by atoms with Crippen LogP contribution in [0.4, 0.5) is 0 Å². The Balaban J connectivity index is 2.28. The molecule has 1 saturated heterocycles. The number of ether oxygens (including phenoxy) is 1. The van der Waals surface area contributed by atoms with Gasteiger partial charge in [0.25, 0.3) is 0 Å². The zero-order valence-corrected chi connectivity index (χ0v) is 10.0. The molecule has 0 spiro atoms. The number of nitrogens with zero attached hydrogens (tertiary/aromatic N) is 1. The molecule has 0 aromatic heterocycles. The summed E-state index contributed by atoms with van der Waals surface area (Å²) in [6.45, 7) is 1.52. The van der Waals surface area contributed by atoms with E-state index in [-0.39, 0.29) is 11.6 Å². The van der Waals surface area contributed by atoms with Gasteiger partial charge in [0.05, 0.1) is 18.2 Å². The number of rotatable bonds is 3. The molecule has 2 unspecified atom stereocenters. The molecule has 16 heavy (non-hydrogen) atoms. The summed E-state index contributed by atoms with van der Waals surface area (Å²) in [6, 6.07) is 10.3. The van der Waals surface area contributed by atoms with Gasteiger partial charge in [-0.1, -0.05) is 30.3 Å². The maximum Gasteiger partial charge on any atom is 0.0669 e. The largest absolute Gasteiger partial charge is 0.379 e. The van der Waals surface area contributed by atoms with Crippen LogP contribution in [0.1, 0.15) is 18.0 Å². The van der Waals surface area contributed by atoms with Crippen molar-refractivity contribution in [3.8, 4) is 0 Å². The Morgan fingerprint density at radius 1 is 1.31 bits per heavy atom. The molecule has 1 aliphatic heterocycles. The van der Waals surface area contributed by atoms with E-state index in [1.54, 1.807) is 0 Å². The number of likely N-dealkylation sites (N-methyl/N-ethyl adjacent to an activating group) is 1. The van der Waals surface area contributed by atoms with Gasteiger partial charge in [0.1, 0.15) is 0 Å². The molecular formula is C13H20N2O. The van der Waals surface area contributed by atoms with Crippen LogP contribution in [0.3, 0.4) is 0 Å². The molecule has 0 bridgehead atoms. The van der Waals surface area contributed by atoms with E-state index in [4.69, 9.17) is 10.5 Å². The zero-order chi connectivity index (χ0) is 11.6. The van der Waals surface area contributed by atoms with Gasteiger partial charge in [-0.15, -0.1) is 0 Å². The molecule has 2 N–H and O–H groups in total. The van der Waals surface area contributed by atoms with E-state index in [9.17, 15) is 0 Å². The van der Waals surface area contributed by atoms with Crippen molar-refractivity contribution in [3.05, 3.63) is 35.9 Å². The van der Waals surface area contributed by atoms with E-state index in [1.807, 2.05) is 18.2 Å². The molecule has 0 radical (unpaired) electrons. The third kappa shape index (κ3) is 1.86. The summed E-state index contributed by atoms with van der Waals surface area (Å²) in [5.41, 5.74) is 7.54. The van der Waals surface area contributed by atoms with Gasteiger partial charge in [0, 0.05) is 6.61 Å². The summed E-state index contributed by atoms with van der Waals surface area (Å²) < 4.78 is 5.54. The van der Waals surface area contributed by atoms with Crippen LogP contribution in [0.25, 0.3) is 0 Å². The summed E-state index contributed by atoms with van der Waals surface area (Å²) in [4.78, 5) is 2.21. The molecule has 2 rings (SSSR count). The van der Waals surface area contributed by atoms with Gasteiger partial charge in [-0.05, 0) is 26.1 Å². The Hall–Kier alpha value is -0.900. The predicted octanol–water partition coefficient (Wildman–Crippen LogP) is 1.41. The van der Waals surface area contributed by atoms with Gasteiger partial charge in [-0.25, -0.2) is 0 Å². The van der Waals surface area contributed by atoms with Gasteiger partial charge in [0.15, 0.2) is 0 Å². The summed E-state index contributed by atoms with van der Waals surface area (Å²) in [5.74, 6) is 0. The molecule has 88 valence electrons. The van der Waals surface area contributed by atoms with Gasteiger partial charge in [0.2, 0.25) is 0 Å². The molecule has 1 fully saturated rings. The lowest BCUT2D eigenvalue weighted by molar-refractivity contribution is 0.0854. The fourth-order valence-corrected chi connectivity index (χ4v) is 2.42. The van der Waals surface area contributed by atoms with E-state index >= 15 is 0 Å². The summed E-state index contributed by atoms with van der Waals surface area (Å²) in [6.07, 6.45) is 0.996. The van der Waals surface area contributed by atoms with Crippen LogP contribution >= 0.6 is 0 Å². The lowest BCUT2D eigenvalue weighted by Crippen LogP contribution is -2.52. The highest BCUT2D eigenvalue weighted by atomic mass is 16.5. The Morgan fingerprint density at radius 3 is 2.50 bits per heavy atom. The molecule has 0 amide bonds. The van der Waals surface area contributed by atoms with Crippen molar-refractivity contribution in [2.45, 2.75) is 18.0 Å². The number of benzene rings is 1. The van der Waals surface area contributed by atoms with Crippen LogP contribution < -0.4 is 5.73 Å². The molecule has 0 saturated carbocycles. The van der Waals surface area contributed by atoms with E-state index in [1.165, 1.54) is 5.56 Å². The Bertz CT molecular complexity index is 331. The Morgan fingerprint density at radius 2 is 2.00 bits per heavy atom. The standard InChI is InChI=1S/C13H20N2O/c1-15(2)13(8-9-16-10-13)12(14)11-6-4-3-5-7-11/h3-7,12H,8-10,14H2,1-2H3. The lowest BCUT2D eigenvalue weighted by atomic mass is 9.84. The van der Waals surface area contributed by atoms with E-state index in [0.717, 1.165) is 19.6 Å². The molecule has 1 aliphatic rings. The second kappa shape index (κ2) is 4.53. The lowest BCUT2D eigenvalue weighted by Gasteiger charge is -2.40. The van der Waals surface area contributed by atoms with Gasteiger partial charge in [-0.2, -0.15) is 0 Å². The first-order valence-electron chi connectivity index (χ1n) is 5.72. The first-order valence-corrected chi connectivity index (χ1v) is 5.72. The molecule has 3 heteroatoms. The fourth-order valence-electron chi connectivity index (χ4n) is 2.42. The number of nitrogens with two attached hydrogens (primary N) is 1. The molecule has 1 aromatic carbocycles. The van der Waals surface area contributed by atoms with Crippen molar-refractivity contribution >= 4 is 0 Å². The first-order chi connectivity index (χ1) is 7.67. The highest BCUT2D eigenvalue weighted by Crippen LogP contribution is 2.35. The molecule has 3 nitrogen and oxygen atoms in total. The maximum atomic E-state index is 6.41. The second-order valence-corrected chi connectivity index (χ2v) is 4.69. The third-order valence-corrected chi connectivity index (χ3v) is 3.66. The van der Waals surface area contributed by atoms with Gasteiger partial charge < -0.3 is 10.5 Å². The molecule has 1 aromatic rings. The minimum atomic E-state index is -0.0542. The molecule has 2 atom stereocenters. The smallest absolute Gasteiger partial charge is 0.0669 e. The van der Waals surface area contributed by atoms with Crippen LogP contribution in [0.15, 0.2) is 30.3 Å². The average Bonchev–Trinajstić information content (AvgIpc) is 2.79. The zero-order valence-electron chi connectivity index (χ0n) is 10.0. The molecule has 0 aliphatic carbocycles. The third-order valence-electron chi connectivity index (χ3n) is 3.66. The minimum absolute atomic E-state index is 0.00574. The number of hydrogen-bond acceptors (Lipinski definition) is 3. The first kappa shape index (κ1) is 11.6. The summed E-state index contributed by atoms with van der Waals surface area (Å²) in [5, 5.41) is 0. The topological polar surface area (TPSA) is 38.5 Å². The van der Waals surface area contributed by atoms with E-state index in [0.29, 0.717) is 0 Å². The SMILES string of the molecule is CN(C)C1(C(N)c2ccccc2)CCOC1.